The van der Waals surface area contributed by atoms with E-state index < -0.39 is 0 Å². The number of pyridine rings is 1. The quantitative estimate of drug-likeness (QED) is 0.792. The first-order chi connectivity index (χ1) is 9.33. The highest BCUT2D eigenvalue weighted by atomic mass is 32.1. The number of carbonyl (C=O) groups is 1. The smallest absolute Gasteiger partial charge is 0.253 e. The van der Waals surface area contributed by atoms with Crippen molar-refractivity contribution in [1.82, 2.24) is 10.3 Å². The summed E-state index contributed by atoms with van der Waals surface area (Å²) in [5.41, 5.74) is 1.49. The number of nitrogens with one attached hydrogen (secondary N) is 1. The van der Waals surface area contributed by atoms with Gasteiger partial charge in [0.1, 0.15) is 0 Å². The van der Waals surface area contributed by atoms with Crippen LogP contribution < -0.4 is 5.32 Å². The Bertz CT molecular complexity index is 707. The van der Waals surface area contributed by atoms with Crippen molar-refractivity contribution in [3.8, 4) is 0 Å². The summed E-state index contributed by atoms with van der Waals surface area (Å²) >= 11 is 1.63. The van der Waals surface area contributed by atoms with Crippen molar-refractivity contribution in [1.29, 1.82) is 0 Å². The molecule has 1 N–H and O–H groups in total. The Hall–Kier alpha value is -2.20. The second-order valence-corrected chi connectivity index (χ2v) is 5.21. The predicted octanol–water partition coefficient (Wildman–Crippen LogP) is 3.23. The molecule has 0 aliphatic heterocycles. The standard InChI is InChI=1S/C15H12N2OS/c18-15(17-10-13-5-3-7-19-13)12-8-11-4-1-2-6-14(11)16-9-12/h1-9H,10H2,(H,17,18). The molecule has 0 spiro atoms. The van der Waals surface area contributed by atoms with Crippen LogP contribution in [-0.2, 0) is 6.54 Å². The number of para-hydroxylation sites is 1. The van der Waals surface area contributed by atoms with Crippen molar-refractivity contribution in [2.24, 2.45) is 0 Å². The largest absolute Gasteiger partial charge is 0.347 e. The van der Waals surface area contributed by atoms with Crippen LogP contribution in [0.15, 0.2) is 54.0 Å². The Morgan fingerprint density at radius 1 is 1.21 bits per heavy atom. The summed E-state index contributed by atoms with van der Waals surface area (Å²) in [5, 5.41) is 5.87. The summed E-state index contributed by atoms with van der Waals surface area (Å²) in [6.45, 7) is 0.559. The van der Waals surface area contributed by atoms with Crippen molar-refractivity contribution < 1.29 is 4.79 Å². The fourth-order valence-corrected chi connectivity index (χ4v) is 2.52. The van der Waals surface area contributed by atoms with E-state index in [1.807, 2.05) is 47.8 Å². The molecule has 4 heteroatoms. The van der Waals surface area contributed by atoms with Crippen LogP contribution in [0.3, 0.4) is 0 Å². The molecule has 0 aliphatic carbocycles. The molecule has 3 rings (SSSR count). The summed E-state index contributed by atoms with van der Waals surface area (Å²) in [4.78, 5) is 17.5. The first-order valence-electron chi connectivity index (χ1n) is 5.98. The third-order valence-electron chi connectivity index (χ3n) is 2.86. The van der Waals surface area contributed by atoms with Crippen molar-refractivity contribution in [3.05, 3.63) is 64.5 Å². The lowest BCUT2D eigenvalue weighted by atomic mass is 10.1. The highest BCUT2D eigenvalue weighted by Gasteiger charge is 2.07. The topological polar surface area (TPSA) is 42.0 Å². The van der Waals surface area contributed by atoms with Gasteiger partial charge in [-0.05, 0) is 23.6 Å². The third-order valence-corrected chi connectivity index (χ3v) is 3.73. The normalized spacial score (nSPS) is 10.5. The Morgan fingerprint density at radius 3 is 2.95 bits per heavy atom. The minimum Gasteiger partial charge on any atom is -0.347 e. The molecule has 0 atom stereocenters. The molecule has 0 bridgehead atoms. The van der Waals surface area contributed by atoms with Crippen LogP contribution in [0.1, 0.15) is 15.2 Å². The third kappa shape index (κ3) is 2.63. The zero-order chi connectivity index (χ0) is 13.1. The van der Waals surface area contributed by atoms with Gasteiger partial charge in [-0.2, -0.15) is 0 Å². The number of nitrogens with zero attached hydrogens (tertiary/aromatic N) is 1. The molecule has 0 saturated carbocycles. The molecule has 19 heavy (non-hydrogen) atoms. The van der Waals surface area contributed by atoms with E-state index >= 15 is 0 Å². The summed E-state index contributed by atoms with van der Waals surface area (Å²) < 4.78 is 0. The Labute approximate surface area is 114 Å². The van der Waals surface area contributed by atoms with Crippen LogP contribution in [-0.4, -0.2) is 10.9 Å². The van der Waals surface area contributed by atoms with Gasteiger partial charge in [0.2, 0.25) is 0 Å². The first-order valence-corrected chi connectivity index (χ1v) is 6.86. The molecule has 2 heterocycles. The van der Waals surface area contributed by atoms with Crippen molar-refractivity contribution in [2.45, 2.75) is 6.54 Å². The van der Waals surface area contributed by atoms with Crippen molar-refractivity contribution in [2.75, 3.05) is 0 Å². The highest BCUT2D eigenvalue weighted by Crippen LogP contribution is 2.13. The van der Waals surface area contributed by atoms with E-state index in [1.165, 1.54) is 0 Å². The number of amides is 1. The SMILES string of the molecule is O=C(NCc1cccs1)c1cnc2ccccc2c1. The average Bonchev–Trinajstić information content (AvgIpc) is 2.97. The molecule has 1 aromatic carbocycles. The van der Waals surface area contributed by atoms with Gasteiger partial charge in [0, 0.05) is 16.5 Å². The molecule has 0 aliphatic rings. The zero-order valence-corrected chi connectivity index (χ0v) is 11.0. The fourth-order valence-electron chi connectivity index (χ4n) is 1.88. The van der Waals surface area contributed by atoms with Gasteiger partial charge in [0.25, 0.3) is 5.91 Å². The van der Waals surface area contributed by atoms with Gasteiger partial charge in [-0.15, -0.1) is 11.3 Å². The molecule has 0 unspecified atom stereocenters. The molecule has 3 aromatic rings. The van der Waals surface area contributed by atoms with Crippen LogP contribution in [0.4, 0.5) is 0 Å². The monoisotopic (exact) mass is 268 g/mol. The molecule has 3 nitrogen and oxygen atoms in total. The Morgan fingerprint density at radius 2 is 2.11 bits per heavy atom. The van der Waals surface area contributed by atoms with E-state index in [1.54, 1.807) is 17.5 Å². The molecular formula is C15H12N2OS. The summed E-state index contributed by atoms with van der Waals surface area (Å²) in [7, 11) is 0. The fraction of sp³-hybridized carbons (Fsp3) is 0.0667. The second kappa shape index (κ2) is 5.20. The molecule has 0 fully saturated rings. The van der Waals surface area contributed by atoms with E-state index in [0.717, 1.165) is 15.8 Å². The molecule has 0 saturated heterocycles. The maximum absolute atomic E-state index is 12.0. The minimum atomic E-state index is -0.0911. The van der Waals surface area contributed by atoms with Gasteiger partial charge in [0.15, 0.2) is 0 Å². The first kappa shape index (κ1) is 11.9. The number of fused-ring (bicyclic) bond motifs is 1. The van der Waals surface area contributed by atoms with Gasteiger partial charge in [-0.3, -0.25) is 9.78 Å². The van der Waals surface area contributed by atoms with Gasteiger partial charge in [0.05, 0.1) is 17.6 Å². The molecular weight excluding hydrogens is 256 g/mol. The van der Waals surface area contributed by atoms with Crippen LogP contribution in [0.5, 0.6) is 0 Å². The lowest BCUT2D eigenvalue weighted by molar-refractivity contribution is 0.0951. The number of hydrogen-bond acceptors (Lipinski definition) is 3. The van der Waals surface area contributed by atoms with Crippen LogP contribution in [0.25, 0.3) is 10.9 Å². The Kier molecular flexibility index (Phi) is 3.25. The number of rotatable bonds is 3. The number of benzene rings is 1. The van der Waals surface area contributed by atoms with Gasteiger partial charge in [-0.1, -0.05) is 24.3 Å². The van der Waals surface area contributed by atoms with Crippen LogP contribution in [0, 0.1) is 0 Å². The summed E-state index contributed by atoms with van der Waals surface area (Å²) in [6.07, 6.45) is 1.62. The molecule has 2 aromatic heterocycles. The summed E-state index contributed by atoms with van der Waals surface area (Å²) in [5.74, 6) is -0.0911. The number of aromatic nitrogens is 1. The lowest BCUT2D eigenvalue weighted by Crippen LogP contribution is -2.22. The molecule has 1 amide bonds. The predicted molar refractivity (Wildman–Crippen MR) is 77.2 cm³/mol. The summed E-state index contributed by atoms with van der Waals surface area (Å²) in [6, 6.07) is 13.6. The van der Waals surface area contributed by atoms with E-state index in [4.69, 9.17) is 0 Å². The van der Waals surface area contributed by atoms with Crippen molar-refractivity contribution in [3.63, 3.8) is 0 Å². The average molecular weight is 268 g/mol. The van der Waals surface area contributed by atoms with E-state index in [-0.39, 0.29) is 5.91 Å². The van der Waals surface area contributed by atoms with E-state index in [9.17, 15) is 4.79 Å². The van der Waals surface area contributed by atoms with Crippen LogP contribution in [0.2, 0.25) is 0 Å². The van der Waals surface area contributed by atoms with Gasteiger partial charge < -0.3 is 5.32 Å². The molecule has 94 valence electrons. The molecule has 0 radical (unpaired) electrons. The second-order valence-electron chi connectivity index (χ2n) is 4.18. The minimum absolute atomic E-state index is 0.0911. The van der Waals surface area contributed by atoms with E-state index in [0.29, 0.717) is 12.1 Å². The zero-order valence-electron chi connectivity index (χ0n) is 10.2. The lowest BCUT2D eigenvalue weighted by Gasteiger charge is -2.04. The number of carbonyl (C=O) groups excluding carboxylic acids is 1. The highest BCUT2D eigenvalue weighted by molar-refractivity contribution is 7.09. The van der Waals surface area contributed by atoms with E-state index in [2.05, 4.69) is 10.3 Å². The number of thiophene rings is 1. The maximum atomic E-state index is 12.0. The van der Waals surface area contributed by atoms with Crippen LogP contribution >= 0.6 is 11.3 Å². The van der Waals surface area contributed by atoms with Crippen molar-refractivity contribution >= 4 is 28.1 Å². The van der Waals surface area contributed by atoms with Gasteiger partial charge >= 0.3 is 0 Å². The number of hydrogen-bond donors (Lipinski definition) is 1. The Balaban J connectivity index is 1.77. The maximum Gasteiger partial charge on any atom is 0.253 e. The van der Waals surface area contributed by atoms with Gasteiger partial charge in [-0.25, -0.2) is 0 Å².